The van der Waals surface area contributed by atoms with E-state index in [0.29, 0.717) is 5.41 Å². The van der Waals surface area contributed by atoms with Gasteiger partial charge in [-0.15, -0.1) is 0 Å². The Labute approximate surface area is 120 Å². The molecule has 112 valence electrons. The van der Waals surface area contributed by atoms with Crippen LogP contribution >= 0.6 is 0 Å². The molecule has 0 aromatic heterocycles. The van der Waals surface area contributed by atoms with Gasteiger partial charge in [0.25, 0.3) is 0 Å². The summed E-state index contributed by atoms with van der Waals surface area (Å²) >= 11 is 0. The van der Waals surface area contributed by atoms with Gasteiger partial charge >= 0.3 is 0 Å². The Morgan fingerprint density at radius 3 is 2.63 bits per heavy atom. The summed E-state index contributed by atoms with van der Waals surface area (Å²) in [7, 11) is 0. The lowest BCUT2D eigenvalue weighted by Crippen LogP contribution is -2.48. The molecule has 1 heterocycles. The van der Waals surface area contributed by atoms with Gasteiger partial charge in [0.05, 0.1) is 0 Å². The van der Waals surface area contributed by atoms with E-state index in [-0.39, 0.29) is 0 Å². The molecule has 0 amide bonds. The highest BCUT2D eigenvalue weighted by Gasteiger charge is 2.33. The molecular formula is C17H34N2. The summed E-state index contributed by atoms with van der Waals surface area (Å²) in [5.74, 6) is 0. The Morgan fingerprint density at radius 2 is 1.89 bits per heavy atom. The second kappa shape index (κ2) is 7.08. The highest BCUT2D eigenvalue weighted by molar-refractivity contribution is 4.90. The summed E-state index contributed by atoms with van der Waals surface area (Å²) in [5, 5.41) is 4.02. The predicted octanol–water partition coefficient (Wildman–Crippen LogP) is 3.81. The van der Waals surface area contributed by atoms with Crippen molar-refractivity contribution in [3.05, 3.63) is 0 Å². The van der Waals surface area contributed by atoms with Gasteiger partial charge in [0, 0.05) is 12.1 Å². The third kappa shape index (κ3) is 4.46. The topological polar surface area (TPSA) is 15.3 Å². The maximum atomic E-state index is 4.02. The van der Waals surface area contributed by atoms with E-state index in [1.165, 1.54) is 71.0 Å². The van der Waals surface area contributed by atoms with Crippen LogP contribution in [-0.2, 0) is 0 Å². The van der Waals surface area contributed by atoms with Gasteiger partial charge in [0.2, 0.25) is 0 Å². The third-order valence-electron chi connectivity index (χ3n) is 5.30. The zero-order valence-electron chi connectivity index (χ0n) is 13.4. The molecule has 1 saturated heterocycles. The van der Waals surface area contributed by atoms with E-state index in [1.807, 2.05) is 0 Å². The van der Waals surface area contributed by atoms with Crippen molar-refractivity contribution in [1.29, 1.82) is 0 Å². The summed E-state index contributed by atoms with van der Waals surface area (Å²) in [6.07, 6.45) is 11.1. The Balaban J connectivity index is 1.82. The van der Waals surface area contributed by atoms with Gasteiger partial charge in [-0.2, -0.15) is 0 Å². The van der Waals surface area contributed by atoms with Gasteiger partial charge in [-0.05, 0) is 63.6 Å². The van der Waals surface area contributed by atoms with Crippen molar-refractivity contribution in [1.82, 2.24) is 10.2 Å². The molecule has 0 aromatic rings. The van der Waals surface area contributed by atoms with Crippen LogP contribution in [0.25, 0.3) is 0 Å². The van der Waals surface area contributed by atoms with Crippen molar-refractivity contribution in [2.45, 2.75) is 84.2 Å². The van der Waals surface area contributed by atoms with E-state index in [9.17, 15) is 0 Å². The molecule has 19 heavy (non-hydrogen) atoms. The molecule has 1 saturated carbocycles. The Kier molecular flexibility index (Phi) is 5.70. The minimum atomic E-state index is 0.508. The van der Waals surface area contributed by atoms with E-state index in [2.05, 4.69) is 31.0 Å². The molecule has 0 bridgehead atoms. The maximum Gasteiger partial charge on any atom is 0.0121 e. The molecule has 0 spiro atoms. The Morgan fingerprint density at radius 1 is 1.05 bits per heavy atom. The van der Waals surface area contributed by atoms with E-state index in [0.717, 1.165) is 12.1 Å². The second-order valence-corrected chi connectivity index (χ2v) is 7.42. The van der Waals surface area contributed by atoms with Crippen LogP contribution in [0.15, 0.2) is 0 Å². The van der Waals surface area contributed by atoms with Crippen molar-refractivity contribution < 1.29 is 0 Å². The van der Waals surface area contributed by atoms with Crippen LogP contribution < -0.4 is 5.32 Å². The average molecular weight is 266 g/mol. The fraction of sp³-hybridized carbons (Fsp3) is 1.00. The van der Waals surface area contributed by atoms with Crippen molar-refractivity contribution in [3.63, 3.8) is 0 Å². The van der Waals surface area contributed by atoms with E-state index >= 15 is 0 Å². The van der Waals surface area contributed by atoms with E-state index < -0.39 is 0 Å². The lowest BCUT2D eigenvalue weighted by Gasteiger charge is -2.41. The normalized spacial score (nSPS) is 33.0. The maximum absolute atomic E-state index is 4.02. The molecule has 0 aromatic carbocycles. The Hall–Kier alpha value is -0.0800. The zero-order valence-corrected chi connectivity index (χ0v) is 13.4. The summed E-state index contributed by atoms with van der Waals surface area (Å²) in [5.41, 5.74) is 0.508. The van der Waals surface area contributed by atoms with Gasteiger partial charge in [-0.3, -0.25) is 0 Å². The smallest absolute Gasteiger partial charge is 0.0121 e. The van der Waals surface area contributed by atoms with Crippen LogP contribution in [0.1, 0.15) is 72.1 Å². The number of nitrogens with zero attached hydrogens (tertiary/aromatic N) is 1. The fourth-order valence-corrected chi connectivity index (χ4v) is 3.95. The number of hydrogen-bond acceptors (Lipinski definition) is 2. The molecule has 1 aliphatic carbocycles. The van der Waals surface area contributed by atoms with Crippen LogP contribution in [-0.4, -0.2) is 36.6 Å². The minimum absolute atomic E-state index is 0.508. The first-order valence-electron chi connectivity index (χ1n) is 8.60. The lowest BCUT2D eigenvalue weighted by atomic mass is 9.73. The molecular weight excluding hydrogens is 232 g/mol. The predicted molar refractivity (Wildman–Crippen MR) is 83.5 cm³/mol. The third-order valence-corrected chi connectivity index (χ3v) is 5.30. The minimum Gasteiger partial charge on any atom is -0.311 e. The number of nitrogens with one attached hydrogen (secondary N) is 1. The van der Waals surface area contributed by atoms with Gasteiger partial charge in [-0.1, -0.05) is 33.6 Å². The quantitative estimate of drug-likeness (QED) is 0.832. The lowest BCUT2D eigenvalue weighted by molar-refractivity contribution is 0.151. The van der Waals surface area contributed by atoms with Crippen LogP contribution in [0.2, 0.25) is 0 Å². The summed E-state index contributed by atoms with van der Waals surface area (Å²) in [6.45, 7) is 11.1. The molecule has 1 N–H and O–H groups in total. The van der Waals surface area contributed by atoms with E-state index in [4.69, 9.17) is 0 Å². The van der Waals surface area contributed by atoms with Gasteiger partial charge in [0.15, 0.2) is 0 Å². The molecule has 2 rings (SSSR count). The molecule has 2 unspecified atom stereocenters. The highest BCUT2D eigenvalue weighted by Crippen LogP contribution is 2.36. The highest BCUT2D eigenvalue weighted by atomic mass is 15.1. The second-order valence-electron chi connectivity index (χ2n) is 7.42. The fourth-order valence-electron chi connectivity index (χ4n) is 3.95. The molecule has 2 fully saturated rings. The summed E-state index contributed by atoms with van der Waals surface area (Å²) in [4.78, 5) is 2.66. The van der Waals surface area contributed by atoms with Crippen LogP contribution in [0.3, 0.4) is 0 Å². The number of likely N-dealkylation sites (tertiary alicyclic amines) is 1. The molecule has 2 heteroatoms. The first kappa shape index (κ1) is 15.3. The molecule has 2 atom stereocenters. The van der Waals surface area contributed by atoms with E-state index in [1.54, 1.807) is 0 Å². The summed E-state index contributed by atoms with van der Waals surface area (Å²) in [6, 6.07) is 1.52. The van der Waals surface area contributed by atoms with Crippen molar-refractivity contribution in [2.75, 3.05) is 19.6 Å². The van der Waals surface area contributed by atoms with Crippen molar-refractivity contribution in [3.8, 4) is 0 Å². The van der Waals surface area contributed by atoms with Crippen LogP contribution in [0.4, 0.5) is 0 Å². The van der Waals surface area contributed by atoms with Crippen LogP contribution in [0, 0.1) is 5.41 Å². The zero-order chi connectivity index (χ0) is 13.7. The van der Waals surface area contributed by atoms with Crippen molar-refractivity contribution in [2.24, 2.45) is 5.41 Å². The van der Waals surface area contributed by atoms with Crippen molar-refractivity contribution >= 4 is 0 Å². The molecule has 0 radical (unpaired) electrons. The Bertz CT molecular complexity index is 262. The van der Waals surface area contributed by atoms with Gasteiger partial charge < -0.3 is 10.2 Å². The first-order valence-corrected chi connectivity index (χ1v) is 8.60. The number of hydrogen-bond donors (Lipinski definition) is 1. The van der Waals surface area contributed by atoms with Gasteiger partial charge in [-0.25, -0.2) is 0 Å². The van der Waals surface area contributed by atoms with Crippen LogP contribution in [0.5, 0.6) is 0 Å². The number of rotatable bonds is 4. The average Bonchev–Trinajstić information content (AvgIpc) is 2.58. The van der Waals surface area contributed by atoms with Gasteiger partial charge in [0.1, 0.15) is 0 Å². The molecule has 2 nitrogen and oxygen atoms in total. The SMILES string of the molecule is CCCN1CCCC(NC2CCCCC2(C)C)CC1. The molecule has 2 aliphatic rings. The standard InChI is InChI=1S/C17H34N2/c1-4-12-19-13-7-8-15(10-14-19)18-16-9-5-6-11-17(16,2)3/h15-16,18H,4-14H2,1-3H3. The molecule has 1 aliphatic heterocycles. The summed E-state index contributed by atoms with van der Waals surface area (Å²) < 4.78 is 0. The first-order chi connectivity index (χ1) is 9.12. The monoisotopic (exact) mass is 266 g/mol. The largest absolute Gasteiger partial charge is 0.311 e.